The average molecular weight is 290 g/mol. The Morgan fingerprint density at radius 3 is 2.43 bits per heavy atom. The summed E-state index contributed by atoms with van der Waals surface area (Å²) in [5.41, 5.74) is 1.07. The standard InChI is InChI=1S/C18H20F2O/c19-18(20)9-7-15(8-10-18)17(21)12-13-5-6-14-3-1-2-4-16(14)11-13/h1-6,11,15,17,21H,7-10,12H2. The van der Waals surface area contributed by atoms with E-state index in [1.807, 2.05) is 30.3 Å². The highest BCUT2D eigenvalue weighted by Gasteiger charge is 2.37. The first-order chi connectivity index (χ1) is 10.0. The maximum Gasteiger partial charge on any atom is 0.248 e. The summed E-state index contributed by atoms with van der Waals surface area (Å²) in [7, 11) is 0. The van der Waals surface area contributed by atoms with E-state index in [9.17, 15) is 13.9 Å². The van der Waals surface area contributed by atoms with Crippen molar-refractivity contribution in [1.29, 1.82) is 0 Å². The second kappa shape index (κ2) is 5.72. The summed E-state index contributed by atoms with van der Waals surface area (Å²) in [6.07, 6.45) is 0.672. The van der Waals surface area contributed by atoms with E-state index < -0.39 is 12.0 Å². The molecule has 1 unspecified atom stereocenters. The van der Waals surface area contributed by atoms with E-state index >= 15 is 0 Å². The van der Waals surface area contributed by atoms with E-state index in [2.05, 4.69) is 12.1 Å². The highest BCUT2D eigenvalue weighted by Crippen LogP contribution is 2.38. The third-order valence-corrected chi connectivity index (χ3v) is 4.56. The molecule has 1 atom stereocenters. The fraction of sp³-hybridized carbons (Fsp3) is 0.444. The van der Waals surface area contributed by atoms with Gasteiger partial charge >= 0.3 is 0 Å². The van der Waals surface area contributed by atoms with Gasteiger partial charge in [0.1, 0.15) is 0 Å². The van der Waals surface area contributed by atoms with Crippen molar-refractivity contribution in [3.63, 3.8) is 0 Å². The summed E-state index contributed by atoms with van der Waals surface area (Å²) in [4.78, 5) is 0. The molecular weight excluding hydrogens is 270 g/mol. The lowest BCUT2D eigenvalue weighted by Gasteiger charge is -2.31. The summed E-state index contributed by atoms with van der Waals surface area (Å²) in [5, 5.41) is 12.6. The highest BCUT2D eigenvalue weighted by atomic mass is 19.3. The Balaban J connectivity index is 1.67. The lowest BCUT2D eigenvalue weighted by atomic mass is 9.81. The third-order valence-electron chi connectivity index (χ3n) is 4.56. The Morgan fingerprint density at radius 2 is 1.71 bits per heavy atom. The third kappa shape index (κ3) is 3.41. The molecule has 3 heteroatoms. The first kappa shape index (κ1) is 14.5. The largest absolute Gasteiger partial charge is 0.392 e. The molecule has 0 aromatic heterocycles. The van der Waals surface area contributed by atoms with Crippen LogP contribution in [0.3, 0.4) is 0 Å². The van der Waals surface area contributed by atoms with Crippen molar-refractivity contribution in [1.82, 2.24) is 0 Å². The van der Waals surface area contributed by atoms with Crippen molar-refractivity contribution in [2.24, 2.45) is 5.92 Å². The molecule has 112 valence electrons. The smallest absolute Gasteiger partial charge is 0.248 e. The number of fused-ring (bicyclic) bond motifs is 1. The molecule has 2 aromatic carbocycles. The minimum atomic E-state index is -2.53. The Morgan fingerprint density at radius 1 is 1.05 bits per heavy atom. The van der Waals surface area contributed by atoms with E-state index in [1.54, 1.807) is 0 Å². The zero-order chi connectivity index (χ0) is 14.9. The van der Waals surface area contributed by atoms with Gasteiger partial charge in [0, 0.05) is 12.8 Å². The molecule has 0 saturated heterocycles. The highest BCUT2D eigenvalue weighted by molar-refractivity contribution is 5.82. The Hall–Kier alpha value is -1.48. The lowest BCUT2D eigenvalue weighted by molar-refractivity contribution is -0.0619. The zero-order valence-corrected chi connectivity index (χ0v) is 11.9. The fourth-order valence-corrected chi connectivity index (χ4v) is 3.22. The van der Waals surface area contributed by atoms with Crippen LogP contribution < -0.4 is 0 Å². The van der Waals surface area contributed by atoms with Crippen LogP contribution in [0.15, 0.2) is 42.5 Å². The van der Waals surface area contributed by atoms with Crippen molar-refractivity contribution in [3.05, 3.63) is 48.0 Å². The van der Waals surface area contributed by atoms with Crippen LogP contribution in [0.4, 0.5) is 8.78 Å². The van der Waals surface area contributed by atoms with E-state index in [0.29, 0.717) is 19.3 Å². The number of hydrogen-bond acceptors (Lipinski definition) is 1. The molecule has 0 radical (unpaired) electrons. The second-order valence-corrected chi connectivity index (χ2v) is 6.15. The van der Waals surface area contributed by atoms with Crippen LogP contribution >= 0.6 is 0 Å². The summed E-state index contributed by atoms with van der Waals surface area (Å²) in [6, 6.07) is 14.2. The van der Waals surface area contributed by atoms with Gasteiger partial charge in [-0.3, -0.25) is 0 Å². The van der Waals surface area contributed by atoms with Crippen molar-refractivity contribution in [2.45, 2.75) is 44.1 Å². The van der Waals surface area contributed by atoms with E-state index in [4.69, 9.17) is 0 Å². The van der Waals surface area contributed by atoms with Gasteiger partial charge in [0.2, 0.25) is 5.92 Å². The number of rotatable bonds is 3. The fourth-order valence-electron chi connectivity index (χ4n) is 3.22. The van der Waals surface area contributed by atoms with Gasteiger partial charge in [0.25, 0.3) is 0 Å². The maximum atomic E-state index is 13.2. The molecule has 0 aliphatic heterocycles. The summed E-state index contributed by atoms with van der Waals surface area (Å²) in [6.45, 7) is 0. The second-order valence-electron chi connectivity index (χ2n) is 6.15. The van der Waals surface area contributed by atoms with E-state index in [0.717, 1.165) is 10.9 Å². The van der Waals surface area contributed by atoms with Gasteiger partial charge in [-0.05, 0) is 41.5 Å². The van der Waals surface area contributed by atoms with Crippen LogP contribution in [0.1, 0.15) is 31.2 Å². The van der Waals surface area contributed by atoms with Crippen LogP contribution in [0.5, 0.6) is 0 Å². The molecule has 0 bridgehead atoms. The molecule has 1 nitrogen and oxygen atoms in total. The normalized spacial score (nSPS) is 20.5. The Labute approximate surface area is 123 Å². The van der Waals surface area contributed by atoms with E-state index in [1.165, 1.54) is 5.39 Å². The quantitative estimate of drug-likeness (QED) is 0.878. The molecule has 1 fully saturated rings. The van der Waals surface area contributed by atoms with Gasteiger partial charge in [-0.25, -0.2) is 8.78 Å². The zero-order valence-electron chi connectivity index (χ0n) is 11.9. The Bertz CT molecular complexity index is 613. The summed E-state index contributed by atoms with van der Waals surface area (Å²) < 4.78 is 26.3. The summed E-state index contributed by atoms with van der Waals surface area (Å²) >= 11 is 0. The number of aliphatic hydroxyl groups is 1. The molecule has 1 aliphatic rings. The predicted molar refractivity (Wildman–Crippen MR) is 80.6 cm³/mol. The lowest BCUT2D eigenvalue weighted by Crippen LogP contribution is -2.32. The summed E-state index contributed by atoms with van der Waals surface area (Å²) in [5.74, 6) is -2.53. The van der Waals surface area contributed by atoms with Gasteiger partial charge in [-0.15, -0.1) is 0 Å². The Kier molecular flexibility index (Phi) is 3.94. The van der Waals surface area contributed by atoms with E-state index in [-0.39, 0.29) is 18.8 Å². The van der Waals surface area contributed by atoms with Crippen LogP contribution in [0.2, 0.25) is 0 Å². The number of hydrogen-bond donors (Lipinski definition) is 1. The first-order valence-electron chi connectivity index (χ1n) is 7.57. The number of alkyl halides is 2. The van der Waals surface area contributed by atoms with Gasteiger partial charge in [-0.2, -0.15) is 0 Å². The number of halogens is 2. The molecule has 1 aliphatic carbocycles. The minimum Gasteiger partial charge on any atom is -0.392 e. The molecule has 0 heterocycles. The molecule has 3 rings (SSSR count). The van der Waals surface area contributed by atoms with Crippen LogP contribution in [0.25, 0.3) is 10.8 Å². The van der Waals surface area contributed by atoms with Crippen LogP contribution in [0, 0.1) is 5.92 Å². The molecule has 0 spiro atoms. The predicted octanol–water partition coefficient (Wildman–Crippen LogP) is 4.57. The van der Waals surface area contributed by atoms with Gasteiger partial charge < -0.3 is 5.11 Å². The van der Waals surface area contributed by atoms with Crippen LogP contribution in [-0.4, -0.2) is 17.1 Å². The maximum absolute atomic E-state index is 13.2. The number of benzene rings is 2. The first-order valence-corrected chi connectivity index (χ1v) is 7.57. The van der Waals surface area contributed by atoms with Crippen molar-refractivity contribution >= 4 is 10.8 Å². The number of aliphatic hydroxyl groups excluding tert-OH is 1. The van der Waals surface area contributed by atoms with Gasteiger partial charge in [0.15, 0.2) is 0 Å². The molecule has 1 saturated carbocycles. The van der Waals surface area contributed by atoms with Gasteiger partial charge in [-0.1, -0.05) is 42.5 Å². The molecule has 0 amide bonds. The monoisotopic (exact) mass is 290 g/mol. The topological polar surface area (TPSA) is 20.2 Å². The molecule has 2 aromatic rings. The minimum absolute atomic E-state index is 0.00362. The molecular formula is C18H20F2O. The van der Waals surface area contributed by atoms with Crippen molar-refractivity contribution in [3.8, 4) is 0 Å². The van der Waals surface area contributed by atoms with Gasteiger partial charge in [0.05, 0.1) is 6.10 Å². The molecule has 21 heavy (non-hydrogen) atoms. The van der Waals surface area contributed by atoms with Crippen LogP contribution in [-0.2, 0) is 6.42 Å². The molecule has 1 N–H and O–H groups in total. The van der Waals surface area contributed by atoms with Crippen molar-refractivity contribution in [2.75, 3.05) is 0 Å². The van der Waals surface area contributed by atoms with Crippen molar-refractivity contribution < 1.29 is 13.9 Å². The SMILES string of the molecule is OC(Cc1ccc2ccccc2c1)C1CCC(F)(F)CC1. The average Bonchev–Trinajstić information content (AvgIpc) is 2.47.